The Hall–Kier alpha value is -0.480. The molecule has 0 aliphatic heterocycles. The first kappa shape index (κ1) is 16.6. The van der Waals surface area contributed by atoms with Gasteiger partial charge in [0.25, 0.3) is 0 Å². The van der Waals surface area contributed by atoms with Gasteiger partial charge in [0.05, 0.1) is 10.0 Å². The Labute approximate surface area is 124 Å². The fraction of sp³-hybridized carbons (Fsp3) is 0.571. The highest BCUT2D eigenvalue weighted by Crippen LogP contribution is 2.32. The third-order valence-corrected chi connectivity index (χ3v) is 3.27. The summed E-state index contributed by atoms with van der Waals surface area (Å²) in [4.78, 5) is 0. The van der Waals surface area contributed by atoms with E-state index in [1.54, 1.807) is 18.2 Å². The first-order chi connectivity index (χ1) is 9.15. The number of nitrogens with one attached hydrogen (secondary N) is 1. The van der Waals surface area contributed by atoms with Crippen LogP contribution in [0.2, 0.25) is 10.0 Å². The van der Waals surface area contributed by atoms with Crippen LogP contribution in [0.25, 0.3) is 0 Å². The summed E-state index contributed by atoms with van der Waals surface area (Å²) in [7, 11) is 0. The molecule has 0 heterocycles. The summed E-state index contributed by atoms with van der Waals surface area (Å²) in [6.07, 6.45) is 2.95. The Morgan fingerprint density at radius 3 is 2.58 bits per heavy atom. The first-order valence-electron chi connectivity index (χ1n) is 6.60. The van der Waals surface area contributed by atoms with Gasteiger partial charge in [0.1, 0.15) is 12.7 Å². The topological polar surface area (TPSA) is 41.5 Å². The fourth-order valence-corrected chi connectivity index (χ4v) is 2.13. The van der Waals surface area contributed by atoms with Crippen LogP contribution in [0.15, 0.2) is 18.2 Å². The van der Waals surface area contributed by atoms with E-state index in [4.69, 9.17) is 27.9 Å². The number of unbranched alkanes of at least 4 members (excludes halogenated alkanes) is 2. The lowest BCUT2D eigenvalue weighted by Crippen LogP contribution is -2.32. The molecule has 1 rings (SSSR count). The quantitative estimate of drug-likeness (QED) is 0.686. The van der Waals surface area contributed by atoms with E-state index >= 15 is 0 Å². The molecule has 3 nitrogen and oxygen atoms in total. The van der Waals surface area contributed by atoms with E-state index in [9.17, 15) is 5.11 Å². The van der Waals surface area contributed by atoms with Crippen molar-refractivity contribution in [2.75, 3.05) is 19.7 Å². The van der Waals surface area contributed by atoms with Gasteiger partial charge >= 0.3 is 0 Å². The summed E-state index contributed by atoms with van der Waals surface area (Å²) in [5.41, 5.74) is 0. The van der Waals surface area contributed by atoms with E-state index in [0.717, 1.165) is 13.0 Å². The highest BCUT2D eigenvalue weighted by molar-refractivity contribution is 6.37. The Balaban J connectivity index is 2.24. The number of halogens is 2. The van der Waals surface area contributed by atoms with Gasteiger partial charge in [0.15, 0.2) is 5.75 Å². The molecule has 1 aromatic rings. The van der Waals surface area contributed by atoms with Gasteiger partial charge in [0, 0.05) is 6.54 Å². The molecular weight excluding hydrogens is 285 g/mol. The van der Waals surface area contributed by atoms with E-state index in [0.29, 0.717) is 22.3 Å². The minimum Gasteiger partial charge on any atom is -0.488 e. The molecule has 0 amide bonds. The molecule has 0 aromatic heterocycles. The third-order valence-electron chi connectivity index (χ3n) is 2.68. The molecule has 19 heavy (non-hydrogen) atoms. The van der Waals surface area contributed by atoms with Crippen LogP contribution in [0.1, 0.15) is 26.2 Å². The van der Waals surface area contributed by atoms with Crippen LogP contribution < -0.4 is 10.1 Å². The van der Waals surface area contributed by atoms with Crippen LogP contribution in [-0.2, 0) is 0 Å². The molecule has 0 spiro atoms. The summed E-state index contributed by atoms with van der Waals surface area (Å²) < 4.78 is 5.45. The highest BCUT2D eigenvalue weighted by Gasteiger charge is 2.10. The van der Waals surface area contributed by atoms with E-state index < -0.39 is 6.10 Å². The van der Waals surface area contributed by atoms with Crippen LogP contribution in [0.4, 0.5) is 0 Å². The molecule has 0 fully saturated rings. The molecule has 1 atom stereocenters. The Bertz CT molecular complexity index is 354. The van der Waals surface area contributed by atoms with Crippen molar-refractivity contribution in [1.82, 2.24) is 5.32 Å². The Kier molecular flexibility index (Phi) is 8.22. The lowest BCUT2D eigenvalue weighted by molar-refractivity contribution is 0.106. The molecule has 1 unspecified atom stereocenters. The summed E-state index contributed by atoms with van der Waals surface area (Å²) in [6.45, 7) is 3.75. The highest BCUT2D eigenvalue weighted by atomic mass is 35.5. The van der Waals surface area contributed by atoms with Gasteiger partial charge < -0.3 is 15.2 Å². The number of rotatable bonds is 9. The monoisotopic (exact) mass is 305 g/mol. The van der Waals surface area contributed by atoms with Crippen molar-refractivity contribution < 1.29 is 9.84 Å². The predicted octanol–water partition coefficient (Wildman–Crippen LogP) is 3.51. The van der Waals surface area contributed by atoms with E-state index in [-0.39, 0.29) is 6.61 Å². The average Bonchev–Trinajstić information content (AvgIpc) is 2.38. The zero-order chi connectivity index (χ0) is 14.1. The van der Waals surface area contributed by atoms with Gasteiger partial charge in [-0.2, -0.15) is 0 Å². The molecule has 0 aliphatic carbocycles. The minimum atomic E-state index is -0.575. The molecule has 0 aliphatic rings. The number of hydrogen-bond acceptors (Lipinski definition) is 3. The zero-order valence-corrected chi connectivity index (χ0v) is 12.7. The van der Waals surface area contributed by atoms with Crippen LogP contribution in [0.5, 0.6) is 5.75 Å². The summed E-state index contributed by atoms with van der Waals surface area (Å²) in [5, 5.41) is 13.9. The molecule has 5 heteroatoms. The second kappa shape index (κ2) is 9.43. The van der Waals surface area contributed by atoms with E-state index in [1.165, 1.54) is 12.8 Å². The molecule has 1 aromatic carbocycles. The number of ether oxygens (including phenoxy) is 1. The summed E-state index contributed by atoms with van der Waals surface area (Å²) in [6, 6.07) is 5.17. The Morgan fingerprint density at radius 1 is 1.26 bits per heavy atom. The maximum atomic E-state index is 9.78. The molecule has 0 saturated heterocycles. The Morgan fingerprint density at radius 2 is 1.95 bits per heavy atom. The number of para-hydroxylation sites is 1. The second-order valence-corrected chi connectivity index (χ2v) is 5.24. The van der Waals surface area contributed by atoms with Gasteiger partial charge in [-0.15, -0.1) is 0 Å². The van der Waals surface area contributed by atoms with Crippen LogP contribution in [0, 0.1) is 0 Å². The molecule has 0 radical (unpaired) electrons. The van der Waals surface area contributed by atoms with Crippen molar-refractivity contribution in [2.24, 2.45) is 0 Å². The number of hydrogen-bond donors (Lipinski definition) is 2. The van der Waals surface area contributed by atoms with Gasteiger partial charge in [-0.1, -0.05) is 49.0 Å². The van der Waals surface area contributed by atoms with Crippen molar-refractivity contribution in [3.8, 4) is 5.75 Å². The standard InChI is InChI=1S/C14H21Cl2NO2/c1-2-3-4-8-17-9-11(18)10-19-14-12(15)6-5-7-13(14)16/h5-7,11,17-18H,2-4,8-10H2,1H3. The molecular formula is C14H21Cl2NO2. The molecule has 108 valence electrons. The molecule has 0 bridgehead atoms. The maximum Gasteiger partial charge on any atom is 0.156 e. The van der Waals surface area contributed by atoms with E-state index in [2.05, 4.69) is 12.2 Å². The average molecular weight is 306 g/mol. The van der Waals surface area contributed by atoms with Crippen LogP contribution in [-0.4, -0.2) is 30.9 Å². The zero-order valence-electron chi connectivity index (χ0n) is 11.2. The SMILES string of the molecule is CCCCCNCC(O)COc1c(Cl)cccc1Cl. The van der Waals surface area contributed by atoms with Crippen LogP contribution in [0.3, 0.4) is 0 Å². The van der Waals surface area contributed by atoms with Crippen molar-refractivity contribution in [2.45, 2.75) is 32.3 Å². The summed E-state index contributed by atoms with van der Waals surface area (Å²) >= 11 is 11.9. The van der Waals surface area contributed by atoms with Crippen molar-refractivity contribution >= 4 is 23.2 Å². The largest absolute Gasteiger partial charge is 0.488 e. The second-order valence-electron chi connectivity index (χ2n) is 4.43. The lowest BCUT2D eigenvalue weighted by Gasteiger charge is -2.14. The number of aliphatic hydroxyl groups excluding tert-OH is 1. The van der Waals surface area contributed by atoms with Gasteiger partial charge in [-0.05, 0) is 25.1 Å². The fourth-order valence-electron chi connectivity index (χ4n) is 1.63. The van der Waals surface area contributed by atoms with Crippen LogP contribution >= 0.6 is 23.2 Å². The normalized spacial score (nSPS) is 12.4. The summed E-state index contributed by atoms with van der Waals surface area (Å²) in [5.74, 6) is 0.427. The van der Waals surface area contributed by atoms with Gasteiger partial charge in [-0.25, -0.2) is 0 Å². The third kappa shape index (κ3) is 6.48. The number of aliphatic hydroxyl groups is 1. The van der Waals surface area contributed by atoms with E-state index in [1.807, 2.05) is 0 Å². The maximum absolute atomic E-state index is 9.78. The minimum absolute atomic E-state index is 0.171. The van der Waals surface area contributed by atoms with Crippen molar-refractivity contribution in [3.63, 3.8) is 0 Å². The predicted molar refractivity (Wildman–Crippen MR) is 80.4 cm³/mol. The molecule has 2 N–H and O–H groups in total. The lowest BCUT2D eigenvalue weighted by atomic mass is 10.2. The smallest absolute Gasteiger partial charge is 0.156 e. The first-order valence-corrected chi connectivity index (χ1v) is 7.36. The van der Waals surface area contributed by atoms with Crippen molar-refractivity contribution in [3.05, 3.63) is 28.2 Å². The number of benzene rings is 1. The van der Waals surface area contributed by atoms with Crippen molar-refractivity contribution in [1.29, 1.82) is 0 Å². The van der Waals surface area contributed by atoms with Gasteiger partial charge in [-0.3, -0.25) is 0 Å². The molecule has 0 saturated carbocycles. The van der Waals surface area contributed by atoms with Gasteiger partial charge in [0.2, 0.25) is 0 Å².